The van der Waals surface area contributed by atoms with Gasteiger partial charge in [0.2, 0.25) is 5.95 Å². The third kappa shape index (κ3) is 4.43. The van der Waals surface area contributed by atoms with Gasteiger partial charge in [-0.15, -0.1) is 0 Å². The molecule has 140 valence electrons. The van der Waals surface area contributed by atoms with Crippen LogP contribution in [0.1, 0.15) is 11.3 Å². The van der Waals surface area contributed by atoms with Gasteiger partial charge >= 0.3 is 0 Å². The lowest BCUT2D eigenvalue weighted by Gasteiger charge is -2.14. The van der Waals surface area contributed by atoms with E-state index in [2.05, 4.69) is 20.6 Å². The summed E-state index contributed by atoms with van der Waals surface area (Å²) in [6, 6.07) is 8.80. The molecule has 2 N–H and O–H groups in total. The van der Waals surface area contributed by atoms with Crippen molar-refractivity contribution in [3.05, 3.63) is 64.3 Å². The van der Waals surface area contributed by atoms with Crippen molar-refractivity contribution in [3.63, 3.8) is 0 Å². The Balaban J connectivity index is 1.89. The number of nitrogens with zero attached hydrogens (tertiary/aromatic N) is 2. The monoisotopic (exact) mass is 390 g/mol. The van der Waals surface area contributed by atoms with Gasteiger partial charge in [0.1, 0.15) is 11.6 Å². The molecule has 27 heavy (non-hydrogen) atoms. The Bertz CT molecular complexity index is 998. The third-order valence-corrected chi connectivity index (χ3v) is 4.18. The molecule has 5 nitrogen and oxygen atoms in total. The van der Waals surface area contributed by atoms with Gasteiger partial charge in [0, 0.05) is 34.6 Å². The van der Waals surface area contributed by atoms with Gasteiger partial charge in [-0.3, -0.25) is 0 Å². The van der Waals surface area contributed by atoms with E-state index in [0.717, 1.165) is 17.7 Å². The van der Waals surface area contributed by atoms with Crippen LogP contribution in [-0.2, 0) is 0 Å². The number of rotatable bonds is 5. The Morgan fingerprint density at radius 3 is 2.44 bits per heavy atom. The molecule has 0 aliphatic carbocycles. The fraction of sp³-hybridized carbons (Fsp3) is 0.158. The molecular formula is C19H17ClF2N4O. The fourth-order valence-corrected chi connectivity index (χ4v) is 2.61. The molecule has 8 heteroatoms. The number of halogens is 3. The van der Waals surface area contributed by atoms with E-state index in [0.29, 0.717) is 33.7 Å². The largest absolute Gasteiger partial charge is 0.495 e. The summed E-state index contributed by atoms with van der Waals surface area (Å²) < 4.78 is 31.8. The minimum Gasteiger partial charge on any atom is -0.495 e. The molecule has 0 fully saturated rings. The van der Waals surface area contributed by atoms with E-state index >= 15 is 0 Å². The van der Waals surface area contributed by atoms with E-state index in [1.807, 2.05) is 13.0 Å². The molecule has 1 aromatic heterocycles. The molecule has 0 spiro atoms. The zero-order valence-electron chi connectivity index (χ0n) is 14.9. The SMILES string of the molecule is COc1cc(Cl)c(C)cc1Nc1cc(C)nc(Nc2ccc(F)c(F)c2)n1. The van der Waals surface area contributed by atoms with Crippen LogP contribution in [0, 0.1) is 25.5 Å². The number of ether oxygens (including phenoxy) is 1. The molecule has 0 aliphatic heterocycles. The number of benzene rings is 2. The topological polar surface area (TPSA) is 59.1 Å². The number of aromatic nitrogens is 2. The van der Waals surface area contributed by atoms with Gasteiger partial charge in [0.15, 0.2) is 11.6 Å². The Labute approximate surface area is 160 Å². The maximum atomic E-state index is 13.4. The summed E-state index contributed by atoms with van der Waals surface area (Å²) in [5, 5.41) is 6.63. The summed E-state index contributed by atoms with van der Waals surface area (Å²) in [6.45, 7) is 3.68. The van der Waals surface area contributed by atoms with Crippen LogP contribution in [0.15, 0.2) is 36.4 Å². The van der Waals surface area contributed by atoms with Gasteiger partial charge in [-0.1, -0.05) is 11.6 Å². The van der Waals surface area contributed by atoms with Crippen molar-refractivity contribution in [2.75, 3.05) is 17.7 Å². The standard InChI is InChI=1S/C19H17ClF2N4O/c1-10-6-16(17(27-3)9-13(10)20)25-18-7-11(2)23-19(26-18)24-12-4-5-14(21)15(22)8-12/h4-9H,1-3H3,(H2,23,24,25,26). The molecule has 3 rings (SSSR count). The van der Waals surface area contributed by atoms with E-state index in [-0.39, 0.29) is 5.95 Å². The number of nitrogens with one attached hydrogen (secondary N) is 2. The number of aryl methyl sites for hydroxylation is 2. The highest BCUT2D eigenvalue weighted by molar-refractivity contribution is 6.31. The predicted molar refractivity (Wildman–Crippen MR) is 102 cm³/mol. The quantitative estimate of drug-likeness (QED) is 0.600. The van der Waals surface area contributed by atoms with Crippen molar-refractivity contribution in [3.8, 4) is 5.75 Å². The second kappa shape index (κ2) is 7.75. The zero-order valence-corrected chi connectivity index (χ0v) is 15.7. The van der Waals surface area contributed by atoms with Crippen molar-refractivity contribution in [1.82, 2.24) is 9.97 Å². The molecule has 0 saturated heterocycles. The van der Waals surface area contributed by atoms with Crippen LogP contribution in [-0.4, -0.2) is 17.1 Å². The van der Waals surface area contributed by atoms with Gasteiger partial charge in [0.25, 0.3) is 0 Å². The van der Waals surface area contributed by atoms with Gasteiger partial charge in [-0.2, -0.15) is 4.98 Å². The van der Waals surface area contributed by atoms with Crippen molar-refractivity contribution < 1.29 is 13.5 Å². The normalized spacial score (nSPS) is 10.6. The lowest BCUT2D eigenvalue weighted by molar-refractivity contribution is 0.416. The van der Waals surface area contributed by atoms with Crippen LogP contribution in [0.2, 0.25) is 5.02 Å². The van der Waals surface area contributed by atoms with Crippen molar-refractivity contribution in [1.29, 1.82) is 0 Å². The zero-order chi connectivity index (χ0) is 19.6. The van der Waals surface area contributed by atoms with Crippen LogP contribution in [0.3, 0.4) is 0 Å². The first-order chi connectivity index (χ1) is 12.9. The lowest BCUT2D eigenvalue weighted by Crippen LogP contribution is -2.04. The van der Waals surface area contributed by atoms with Crippen LogP contribution >= 0.6 is 11.6 Å². The molecule has 1 heterocycles. The van der Waals surface area contributed by atoms with Crippen LogP contribution in [0.4, 0.5) is 31.9 Å². The average Bonchev–Trinajstić information content (AvgIpc) is 2.60. The summed E-state index contributed by atoms with van der Waals surface area (Å²) in [6.07, 6.45) is 0. The number of hydrogen-bond donors (Lipinski definition) is 2. The Morgan fingerprint density at radius 2 is 1.74 bits per heavy atom. The van der Waals surface area contributed by atoms with Crippen LogP contribution in [0.5, 0.6) is 5.75 Å². The summed E-state index contributed by atoms with van der Waals surface area (Å²) in [5.41, 5.74) is 2.59. The van der Waals surface area contributed by atoms with E-state index in [4.69, 9.17) is 16.3 Å². The molecule has 0 aliphatic rings. The van der Waals surface area contributed by atoms with Gasteiger partial charge < -0.3 is 15.4 Å². The Hall–Kier alpha value is -2.93. The van der Waals surface area contributed by atoms with E-state index < -0.39 is 11.6 Å². The molecule has 0 unspecified atom stereocenters. The molecule has 0 saturated carbocycles. The smallest absolute Gasteiger partial charge is 0.229 e. The first-order valence-electron chi connectivity index (χ1n) is 8.04. The molecule has 0 atom stereocenters. The van der Waals surface area contributed by atoms with Crippen molar-refractivity contribution in [2.24, 2.45) is 0 Å². The average molecular weight is 391 g/mol. The number of methoxy groups -OCH3 is 1. The molecule has 0 bridgehead atoms. The second-order valence-electron chi connectivity index (χ2n) is 5.90. The van der Waals surface area contributed by atoms with E-state index in [1.54, 1.807) is 26.2 Å². The second-order valence-corrected chi connectivity index (χ2v) is 6.31. The summed E-state index contributed by atoms with van der Waals surface area (Å²) in [5.74, 6) is -0.552. The molecule has 2 aromatic carbocycles. The van der Waals surface area contributed by atoms with Gasteiger partial charge in [-0.25, -0.2) is 13.8 Å². The first kappa shape index (κ1) is 18.8. The first-order valence-corrected chi connectivity index (χ1v) is 8.42. The van der Waals surface area contributed by atoms with Crippen LogP contribution < -0.4 is 15.4 Å². The highest BCUT2D eigenvalue weighted by Crippen LogP contribution is 2.33. The van der Waals surface area contributed by atoms with E-state index in [9.17, 15) is 8.78 Å². The fourth-order valence-electron chi connectivity index (χ4n) is 2.46. The Morgan fingerprint density at radius 1 is 0.963 bits per heavy atom. The maximum absolute atomic E-state index is 13.4. The molecular weight excluding hydrogens is 374 g/mol. The molecule has 0 radical (unpaired) electrons. The Kier molecular flexibility index (Phi) is 5.41. The van der Waals surface area contributed by atoms with Crippen molar-refractivity contribution >= 4 is 34.7 Å². The van der Waals surface area contributed by atoms with Gasteiger partial charge in [0.05, 0.1) is 12.8 Å². The number of anilines is 4. The van der Waals surface area contributed by atoms with Crippen LogP contribution in [0.25, 0.3) is 0 Å². The third-order valence-electron chi connectivity index (χ3n) is 3.77. The van der Waals surface area contributed by atoms with Gasteiger partial charge in [-0.05, 0) is 37.6 Å². The highest BCUT2D eigenvalue weighted by atomic mass is 35.5. The summed E-state index contributed by atoms with van der Waals surface area (Å²) >= 11 is 6.13. The lowest BCUT2D eigenvalue weighted by atomic mass is 10.2. The summed E-state index contributed by atoms with van der Waals surface area (Å²) in [7, 11) is 1.55. The molecule has 0 amide bonds. The number of hydrogen-bond acceptors (Lipinski definition) is 5. The van der Waals surface area contributed by atoms with E-state index in [1.165, 1.54) is 6.07 Å². The molecule has 3 aromatic rings. The van der Waals surface area contributed by atoms with Crippen molar-refractivity contribution in [2.45, 2.75) is 13.8 Å². The highest BCUT2D eigenvalue weighted by Gasteiger charge is 2.10. The predicted octanol–water partition coefficient (Wildman–Crippen LogP) is 5.52. The minimum atomic E-state index is -0.952. The minimum absolute atomic E-state index is 0.244. The summed E-state index contributed by atoms with van der Waals surface area (Å²) in [4.78, 5) is 8.63. The maximum Gasteiger partial charge on any atom is 0.229 e.